The first-order valence-electron chi connectivity index (χ1n) is 9.80. The Morgan fingerprint density at radius 1 is 1.12 bits per heavy atom. The number of hydrogen-bond donors (Lipinski definition) is 0. The number of thiazole rings is 1. The summed E-state index contributed by atoms with van der Waals surface area (Å²) in [6.45, 7) is 0.379. The molecule has 0 radical (unpaired) electrons. The summed E-state index contributed by atoms with van der Waals surface area (Å²) in [5.41, 5.74) is -1.39. The lowest BCUT2D eigenvalue weighted by atomic mass is 10.0. The second kappa shape index (κ2) is 7.52. The van der Waals surface area contributed by atoms with Crippen molar-refractivity contribution >= 4 is 50.8 Å². The molecule has 33 heavy (non-hydrogen) atoms. The average Bonchev–Trinajstić information content (AvgIpc) is 3.20. The third kappa shape index (κ3) is 3.39. The van der Waals surface area contributed by atoms with Crippen molar-refractivity contribution in [3.05, 3.63) is 50.5 Å². The van der Waals surface area contributed by atoms with Crippen molar-refractivity contribution in [3.63, 3.8) is 0 Å². The van der Waals surface area contributed by atoms with Crippen LogP contribution in [0.5, 0.6) is 0 Å². The molecule has 0 saturated carbocycles. The Balaban J connectivity index is 1.66. The summed E-state index contributed by atoms with van der Waals surface area (Å²) in [4.78, 5) is 43.5. The van der Waals surface area contributed by atoms with Gasteiger partial charge in [-0.3, -0.25) is 9.59 Å². The standard InChI is InChI=1S/C20H13ClF4N4O3S/c21-10-5-9(20(23,24)25)8-26-16(10)28-14-7-13(11(22)6-15(14)33-19(28)32)29-17(30)12-3-1-2-4-27(12)18(29)31/h5-8,12H,1-4H2. The Kier molecular flexibility index (Phi) is 4.98. The molecular weight excluding hydrogens is 488 g/mol. The molecule has 7 nitrogen and oxygen atoms in total. The molecule has 4 heterocycles. The molecule has 0 N–H and O–H groups in total. The number of hydrogen-bond acceptors (Lipinski definition) is 5. The van der Waals surface area contributed by atoms with Crippen molar-refractivity contribution in [2.45, 2.75) is 31.5 Å². The van der Waals surface area contributed by atoms with Crippen LogP contribution in [0.4, 0.5) is 28.0 Å². The molecule has 2 saturated heterocycles. The van der Waals surface area contributed by atoms with E-state index in [1.54, 1.807) is 0 Å². The van der Waals surface area contributed by atoms with Gasteiger partial charge in [0.2, 0.25) is 0 Å². The number of anilines is 1. The average molecular weight is 501 g/mol. The number of amides is 3. The number of halogens is 5. The lowest BCUT2D eigenvalue weighted by Crippen LogP contribution is -2.39. The molecule has 0 aliphatic carbocycles. The number of benzene rings is 1. The van der Waals surface area contributed by atoms with Gasteiger partial charge in [-0.2, -0.15) is 13.2 Å². The number of carbonyl (C=O) groups excluding carboxylic acids is 2. The second-order valence-electron chi connectivity index (χ2n) is 7.66. The minimum atomic E-state index is -4.68. The zero-order valence-corrected chi connectivity index (χ0v) is 18.1. The highest BCUT2D eigenvalue weighted by atomic mass is 35.5. The van der Waals surface area contributed by atoms with Crippen LogP contribution < -0.4 is 9.77 Å². The van der Waals surface area contributed by atoms with E-state index in [1.807, 2.05) is 0 Å². The quantitative estimate of drug-likeness (QED) is 0.381. The first kappa shape index (κ1) is 21.8. The molecular formula is C20H13ClF4N4O3S. The number of aromatic nitrogens is 2. The molecule has 2 fully saturated rings. The number of urea groups is 1. The van der Waals surface area contributed by atoms with E-state index in [4.69, 9.17) is 11.6 Å². The molecule has 5 rings (SSSR count). The maximum Gasteiger partial charge on any atom is 0.417 e. The smallest absolute Gasteiger partial charge is 0.312 e. The van der Waals surface area contributed by atoms with Crippen LogP contribution >= 0.6 is 22.9 Å². The first-order valence-corrected chi connectivity index (χ1v) is 11.0. The van der Waals surface area contributed by atoms with Crippen molar-refractivity contribution in [1.82, 2.24) is 14.5 Å². The lowest BCUT2D eigenvalue weighted by Gasteiger charge is -2.25. The highest BCUT2D eigenvalue weighted by Gasteiger charge is 2.47. The largest absolute Gasteiger partial charge is 0.417 e. The van der Waals surface area contributed by atoms with Crippen LogP contribution in [0.25, 0.3) is 16.0 Å². The zero-order valence-electron chi connectivity index (χ0n) is 16.5. The van der Waals surface area contributed by atoms with Gasteiger partial charge in [0.05, 0.1) is 26.5 Å². The monoisotopic (exact) mass is 500 g/mol. The molecule has 1 unspecified atom stereocenters. The summed E-state index contributed by atoms with van der Waals surface area (Å²) in [5.74, 6) is -1.73. The summed E-state index contributed by atoms with van der Waals surface area (Å²) < 4.78 is 54.9. The summed E-state index contributed by atoms with van der Waals surface area (Å²) in [5, 5.41) is -0.442. The Bertz CT molecular complexity index is 1360. The summed E-state index contributed by atoms with van der Waals surface area (Å²) in [6, 6.07) is 1.46. The fourth-order valence-electron chi connectivity index (χ4n) is 4.16. The predicted octanol–water partition coefficient (Wildman–Crippen LogP) is 4.58. The van der Waals surface area contributed by atoms with Gasteiger partial charge >= 0.3 is 17.1 Å². The third-order valence-electron chi connectivity index (χ3n) is 5.70. The van der Waals surface area contributed by atoms with E-state index >= 15 is 0 Å². The molecule has 2 aromatic heterocycles. The highest BCUT2D eigenvalue weighted by molar-refractivity contribution is 7.16. The van der Waals surface area contributed by atoms with E-state index in [9.17, 15) is 31.9 Å². The van der Waals surface area contributed by atoms with Gasteiger partial charge in [-0.25, -0.2) is 23.6 Å². The number of imide groups is 1. The number of nitrogens with zero attached hydrogens (tertiary/aromatic N) is 4. The van der Waals surface area contributed by atoms with Crippen molar-refractivity contribution in [3.8, 4) is 5.82 Å². The number of carbonyl (C=O) groups is 2. The SMILES string of the molecule is O=C1C2CCCCN2C(=O)N1c1cc2c(cc1F)sc(=O)n2-c1ncc(C(F)(F)F)cc1Cl. The predicted molar refractivity (Wildman–Crippen MR) is 112 cm³/mol. The van der Waals surface area contributed by atoms with Crippen molar-refractivity contribution < 1.29 is 27.2 Å². The van der Waals surface area contributed by atoms with Crippen molar-refractivity contribution in [2.75, 3.05) is 11.4 Å². The first-order chi connectivity index (χ1) is 15.6. The molecule has 2 aliphatic heterocycles. The molecule has 1 aromatic carbocycles. The van der Waals surface area contributed by atoms with E-state index < -0.39 is 45.4 Å². The second-order valence-corrected chi connectivity index (χ2v) is 9.06. The van der Waals surface area contributed by atoms with Crippen LogP contribution in [0, 0.1) is 5.82 Å². The minimum Gasteiger partial charge on any atom is -0.312 e. The lowest BCUT2D eigenvalue weighted by molar-refractivity contribution is -0.137. The number of fused-ring (bicyclic) bond motifs is 2. The van der Waals surface area contributed by atoms with E-state index in [0.717, 1.165) is 34.4 Å². The number of piperidine rings is 1. The Morgan fingerprint density at radius 3 is 2.55 bits per heavy atom. The summed E-state index contributed by atoms with van der Waals surface area (Å²) >= 11 is 6.64. The normalized spacial score (nSPS) is 19.0. The van der Waals surface area contributed by atoms with E-state index in [1.165, 1.54) is 4.90 Å². The Labute approximate surface area is 191 Å². The molecule has 172 valence electrons. The van der Waals surface area contributed by atoms with E-state index in [0.29, 0.717) is 36.6 Å². The van der Waals surface area contributed by atoms with Gasteiger partial charge in [-0.1, -0.05) is 22.9 Å². The van der Waals surface area contributed by atoms with Gasteiger partial charge in [-0.05, 0) is 37.5 Å². The molecule has 3 amide bonds. The fraction of sp³-hybridized carbons (Fsp3) is 0.300. The Hall–Kier alpha value is -2.99. The zero-order chi connectivity index (χ0) is 23.7. The minimum absolute atomic E-state index is 0.0565. The topological polar surface area (TPSA) is 75.5 Å². The maximum absolute atomic E-state index is 15.0. The van der Waals surface area contributed by atoms with Crippen LogP contribution in [-0.2, 0) is 11.0 Å². The number of rotatable bonds is 2. The molecule has 13 heteroatoms. The number of alkyl halides is 3. The highest BCUT2D eigenvalue weighted by Crippen LogP contribution is 2.36. The Morgan fingerprint density at radius 2 is 1.88 bits per heavy atom. The van der Waals surface area contributed by atoms with Gasteiger partial charge in [0.25, 0.3) is 5.91 Å². The molecule has 1 atom stereocenters. The maximum atomic E-state index is 15.0. The fourth-order valence-corrected chi connectivity index (χ4v) is 5.29. The summed E-state index contributed by atoms with van der Waals surface area (Å²) in [7, 11) is 0. The van der Waals surface area contributed by atoms with Crippen LogP contribution in [0.1, 0.15) is 24.8 Å². The molecule has 0 bridgehead atoms. The van der Waals surface area contributed by atoms with Gasteiger partial charge in [0.1, 0.15) is 11.9 Å². The van der Waals surface area contributed by atoms with Crippen LogP contribution in [0.3, 0.4) is 0 Å². The summed E-state index contributed by atoms with van der Waals surface area (Å²) in [6.07, 6.45) is -2.19. The van der Waals surface area contributed by atoms with Gasteiger partial charge in [0, 0.05) is 12.7 Å². The molecule has 3 aromatic rings. The van der Waals surface area contributed by atoms with Gasteiger partial charge in [-0.15, -0.1) is 0 Å². The van der Waals surface area contributed by atoms with Gasteiger partial charge in [0.15, 0.2) is 5.82 Å². The van der Waals surface area contributed by atoms with Crippen molar-refractivity contribution in [1.29, 1.82) is 0 Å². The van der Waals surface area contributed by atoms with E-state index in [-0.39, 0.29) is 21.7 Å². The van der Waals surface area contributed by atoms with E-state index in [2.05, 4.69) is 4.98 Å². The van der Waals surface area contributed by atoms with Crippen LogP contribution in [-0.4, -0.2) is 39.0 Å². The molecule has 2 aliphatic rings. The van der Waals surface area contributed by atoms with Gasteiger partial charge < -0.3 is 4.90 Å². The molecule has 0 spiro atoms. The van der Waals surface area contributed by atoms with Crippen molar-refractivity contribution in [2.24, 2.45) is 0 Å². The van der Waals surface area contributed by atoms with Crippen LogP contribution in [0.2, 0.25) is 5.02 Å². The number of pyridine rings is 1. The third-order valence-corrected chi connectivity index (χ3v) is 6.88. The van der Waals surface area contributed by atoms with Crippen LogP contribution in [0.15, 0.2) is 29.2 Å².